The first-order chi connectivity index (χ1) is 15.8. The predicted octanol–water partition coefficient (Wildman–Crippen LogP) is 6.88. The number of aromatic nitrogens is 2. The molecular weight excluding hydrogens is 591 g/mol. The molecule has 4 nitrogen and oxygen atoms in total. The average Bonchev–Trinajstić information content (AvgIpc) is 3.28. The van der Waals surface area contributed by atoms with Crippen LogP contribution in [0.3, 0.4) is 0 Å². The van der Waals surface area contributed by atoms with E-state index in [9.17, 15) is 5.11 Å². The number of pyridine rings is 1. The number of oxazole rings is 1. The van der Waals surface area contributed by atoms with Crippen LogP contribution in [-0.4, -0.2) is 15.1 Å². The molecule has 0 aliphatic carbocycles. The summed E-state index contributed by atoms with van der Waals surface area (Å²) >= 11 is 0. The van der Waals surface area contributed by atoms with Crippen molar-refractivity contribution in [1.29, 1.82) is 0 Å². The van der Waals surface area contributed by atoms with Gasteiger partial charge in [0.15, 0.2) is 0 Å². The van der Waals surface area contributed by atoms with Gasteiger partial charge < -0.3 is 9.52 Å². The average molecular weight is 609 g/mol. The molecule has 0 saturated heterocycles. The van der Waals surface area contributed by atoms with E-state index in [0.717, 1.165) is 38.7 Å². The van der Waals surface area contributed by atoms with E-state index in [1.54, 1.807) is 24.4 Å². The Kier molecular flexibility index (Phi) is 5.53. The van der Waals surface area contributed by atoms with E-state index >= 15 is 0 Å². The van der Waals surface area contributed by atoms with E-state index in [1.165, 1.54) is 0 Å². The van der Waals surface area contributed by atoms with Gasteiger partial charge in [-0.3, -0.25) is 4.98 Å². The summed E-state index contributed by atoms with van der Waals surface area (Å²) in [5, 5.41) is 12.4. The summed E-state index contributed by atoms with van der Waals surface area (Å²) in [5.74, 6) is 0.520. The number of fused-ring (bicyclic) bond motifs is 2. The van der Waals surface area contributed by atoms with E-state index in [2.05, 4.69) is 29.2 Å². The van der Waals surface area contributed by atoms with Gasteiger partial charge >= 0.3 is 0 Å². The van der Waals surface area contributed by atoms with Gasteiger partial charge in [-0.1, -0.05) is 82.6 Å². The molecule has 33 heavy (non-hydrogen) atoms. The Morgan fingerprint density at radius 1 is 0.788 bits per heavy atom. The zero-order valence-corrected chi connectivity index (χ0v) is 19.6. The first kappa shape index (κ1) is 21.1. The second kappa shape index (κ2) is 8.65. The van der Waals surface area contributed by atoms with Crippen LogP contribution in [0.2, 0.25) is 0 Å². The number of benzene rings is 4. The van der Waals surface area contributed by atoms with Gasteiger partial charge in [-0.15, -0.1) is 17.7 Å². The number of hydrogen-bond donors (Lipinski definition) is 1. The predicted molar refractivity (Wildman–Crippen MR) is 126 cm³/mol. The number of aromatic hydroxyl groups is 1. The Morgan fingerprint density at radius 2 is 1.58 bits per heavy atom. The number of nitrogens with zero attached hydrogens (tertiary/aromatic N) is 2. The van der Waals surface area contributed by atoms with Crippen LogP contribution in [-0.2, 0) is 21.1 Å². The van der Waals surface area contributed by atoms with Crippen molar-refractivity contribution in [2.24, 2.45) is 0 Å². The molecule has 6 aromatic rings. The molecule has 0 atom stereocenters. The van der Waals surface area contributed by atoms with E-state index in [4.69, 9.17) is 9.40 Å². The van der Waals surface area contributed by atoms with Crippen LogP contribution in [0.15, 0.2) is 102 Å². The Morgan fingerprint density at radius 3 is 2.42 bits per heavy atom. The van der Waals surface area contributed by atoms with E-state index in [-0.39, 0.29) is 26.8 Å². The molecule has 0 radical (unpaired) electrons. The van der Waals surface area contributed by atoms with Crippen LogP contribution in [0, 0.1) is 6.07 Å². The second-order valence-electron chi connectivity index (χ2n) is 7.55. The Balaban J connectivity index is 0.00000228. The SMILES string of the molecule is Oc1ccccc1-c1nc2c(-c3[c-]c(-c4ccccn4)c4ccccc4c3)cccc2o1.[Pt]. The van der Waals surface area contributed by atoms with Gasteiger partial charge in [0.25, 0.3) is 0 Å². The minimum atomic E-state index is 0. The van der Waals surface area contributed by atoms with Crippen LogP contribution >= 0.6 is 0 Å². The molecular formula is C28H17N2O2Pt-. The molecule has 162 valence electrons. The van der Waals surface area contributed by atoms with Crippen molar-refractivity contribution in [2.75, 3.05) is 0 Å². The molecule has 0 fully saturated rings. The Labute approximate surface area is 204 Å². The molecule has 0 aliphatic heterocycles. The van der Waals surface area contributed by atoms with Crippen molar-refractivity contribution in [3.05, 3.63) is 103 Å². The first-order valence-corrected chi connectivity index (χ1v) is 10.3. The van der Waals surface area contributed by atoms with Gasteiger partial charge in [0.1, 0.15) is 11.3 Å². The van der Waals surface area contributed by atoms with Gasteiger partial charge in [-0.05, 0) is 24.3 Å². The van der Waals surface area contributed by atoms with Gasteiger partial charge in [0, 0.05) is 33.0 Å². The first-order valence-electron chi connectivity index (χ1n) is 10.3. The third-order valence-corrected chi connectivity index (χ3v) is 5.55. The monoisotopic (exact) mass is 608 g/mol. The zero-order chi connectivity index (χ0) is 21.5. The molecule has 2 heterocycles. The summed E-state index contributed by atoms with van der Waals surface area (Å²) < 4.78 is 6.00. The topological polar surface area (TPSA) is 59.2 Å². The number of phenolic OH excluding ortho intramolecular Hbond substituents is 1. The maximum atomic E-state index is 10.2. The summed E-state index contributed by atoms with van der Waals surface area (Å²) in [6.45, 7) is 0. The molecule has 2 aromatic heterocycles. The van der Waals surface area contributed by atoms with Gasteiger partial charge in [0.05, 0.1) is 11.1 Å². The fourth-order valence-corrected chi connectivity index (χ4v) is 4.04. The number of para-hydroxylation sites is 2. The standard InChI is InChI=1S/C28H17N2O2.Pt/c31-25-13-4-3-10-22(25)28-30-27-21(11-7-14-26(27)32-28)19-16-18-8-1-2-9-20(18)23(17-19)24-12-5-6-15-29-24;/h1-16,31H;/q-1;. The van der Waals surface area contributed by atoms with Crippen LogP contribution in [0.5, 0.6) is 5.75 Å². The maximum Gasteiger partial charge on any atom is 0.230 e. The van der Waals surface area contributed by atoms with Gasteiger partial charge in [-0.25, -0.2) is 4.98 Å². The van der Waals surface area contributed by atoms with Crippen LogP contribution in [0.4, 0.5) is 0 Å². The summed E-state index contributed by atoms with van der Waals surface area (Å²) in [7, 11) is 0. The molecule has 0 spiro atoms. The number of rotatable bonds is 3. The molecule has 0 amide bonds. The third-order valence-electron chi connectivity index (χ3n) is 5.55. The molecule has 5 heteroatoms. The molecule has 0 bridgehead atoms. The van der Waals surface area contributed by atoms with Crippen LogP contribution < -0.4 is 0 Å². The van der Waals surface area contributed by atoms with E-state index in [0.29, 0.717) is 17.0 Å². The summed E-state index contributed by atoms with van der Waals surface area (Å²) in [6.07, 6.45) is 1.79. The summed E-state index contributed by atoms with van der Waals surface area (Å²) in [6, 6.07) is 32.7. The summed E-state index contributed by atoms with van der Waals surface area (Å²) in [4.78, 5) is 9.30. The molecule has 0 unspecified atom stereocenters. The number of hydrogen-bond acceptors (Lipinski definition) is 4. The van der Waals surface area contributed by atoms with Crippen molar-refractivity contribution < 1.29 is 30.6 Å². The fraction of sp³-hybridized carbons (Fsp3) is 0. The molecule has 4 aromatic carbocycles. The van der Waals surface area contributed by atoms with Gasteiger partial charge in [0.2, 0.25) is 5.89 Å². The largest absolute Gasteiger partial charge is 0.507 e. The number of phenols is 1. The third kappa shape index (κ3) is 3.73. The minimum Gasteiger partial charge on any atom is -0.507 e. The zero-order valence-electron chi connectivity index (χ0n) is 17.3. The molecule has 0 aliphatic rings. The van der Waals surface area contributed by atoms with Crippen molar-refractivity contribution in [3.8, 4) is 39.6 Å². The quantitative estimate of drug-likeness (QED) is 0.223. The molecule has 0 saturated carbocycles. The van der Waals surface area contributed by atoms with Crippen molar-refractivity contribution in [2.45, 2.75) is 0 Å². The van der Waals surface area contributed by atoms with Gasteiger partial charge in [-0.2, -0.15) is 0 Å². The second-order valence-corrected chi connectivity index (χ2v) is 7.55. The smallest absolute Gasteiger partial charge is 0.230 e. The Bertz CT molecular complexity index is 1590. The van der Waals surface area contributed by atoms with Crippen molar-refractivity contribution in [1.82, 2.24) is 9.97 Å². The summed E-state index contributed by atoms with van der Waals surface area (Å²) in [5.41, 5.74) is 5.58. The van der Waals surface area contributed by atoms with E-state index in [1.807, 2.05) is 54.6 Å². The van der Waals surface area contributed by atoms with Crippen molar-refractivity contribution in [3.63, 3.8) is 0 Å². The van der Waals surface area contributed by atoms with E-state index < -0.39 is 0 Å². The van der Waals surface area contributed by atoms with Crippen molar-refractivity contribution >= 4 is 21.9 Å². The normalized spacial score (nSPS) is 10.9. The minimum absolute atomic E-state index is 0. The molecule has 6 rings (SSSR count). The molecule has 1 N–H and O–H groups in total. The Hall–Kier alpha value is -3.75. The maximum absolute atomic E-state index is 10.2. The van der Waals surface area contributed by atoms with Crippen LogP contribution in [0.25, 0.3) is 55.7 Å². The van der Waals surface area contributed by atoms with Crippen LogP contribution in [0.1, 0.15) is 0 Å². The fourth-order valence-electron chi connectivity index (χ4n) is 4.04.